The van der Waals surface area contributed by atoms with Crippen molar-refractivity contribution in [2.75, 3.05) is 17.6 Å². The summed E-state index contributed by atoms with van der Waals surface area (Å²) in [6.07, 6.45) is 0.943. The molecule has 0 aliphatic heterocycles. The Kier molecular flexibility index (Phi) is 3.64. The number of benzene rings is 1. The Labute approximate surface area is 106 Å². The maximum absolute atomic E-state index is 5.79. The quantitative estimate of drug-likeness (QED) is 0.817. The summed E-state index contributed by atoms with van der Waals surface area (Å²) < 4.78 is 0. The fourth-order valence-electron chi connectivity index (χ4n) is 1.77. The van der Waals surface area contributed by atoms with E-state index in [1.54, 1.807) is 11.3 Å². The van der Waals surface area contributed by atoms with E-state index in [0.29, 0.717) is 0 Å². The number of thiazole rings is 1. The molecule has 0 radical (unpaired) electrons. The lowest BCUT2D eigenvalue weighted by Gasteiger charge is -2.07. The fraction of sp³-hybridized carbons (Fsp3) is 0.308. The summed E-state index contributed by atoms with van der Waals surface area (Å²) in [6, 6.07) is 6.02. The van der Waals surface area contributed by atoms with Crippen molar-refractivity contribution < 1.29 is 0 Å². The molecule has 0 saturated heterocycles. The minimum absolute atomic E-state index is 0.803. The number of anilines is 2. The van der Waals surface area contributed by atoms with Gasteiger partial charge < -0.3 is 11.1 Å². The summed E-state index contributed by atoms with van der Waals surface area (Å²) in [4.78, 5) is 4.43. The Morgan fingerprint density at radius 2 is 2.12 bits per heavy atom. The van der Waals surface area contributed by atoms with Crippen LogP contribution in [-0.2, 0) is 6.42 Å². The molecule has 3 N–H and O–H groups in total. The molecule has 90 valence electrons. The van der Waals surface area contributed by atoms with Crippen LogP contribution in [0.5, 0.6) is 0 Å². The molecule has 1 aromatic carbocycles. The van der Waals surface area contributed by atoms with Gasteiger partial charge in [-0.3, -0.25) is 0 Å². The number of rotatable bonds is 4. The Bertz CT molecular complexity index is 485. The Hall–Kier alpha value is -1.55. The molecular formula is C13H17N3S. The van der Waals surface area contributed by atoms with Crippen LogP contribution in [0.3, 0.4) is 0 Å². The first-order valence-corrected chi connectivity index (χ1v) is 6.53. The van der Waals surface area contributed by atoms with E-state index < -0.39 is 0 Å². The zero-order chi connectivity index (χ0) is 12.3. The van der Waals surface area contributed by atoms with Gasteiger partial charge >= 0.3 is 0 Å². The number of aromatic nitrogens is 1. The van der Waals surface area contributed by atoms with Crippen molar-refractivity contribution in [2.24, 2.45) is 0 Å². The van der Waals surface area contributed by atoms with Gasteiger partial charge in [0.15, 0.2) is 0 Å². The number of nitrogen functional groups attached to an aromatic ring is 1. The van der Waals surface area contributed by atoms with Crippen molar-refractivity contribution in [1.29, 1.82) is 0 Å². The lowest BCUT2D eigenvalue weighted by Crippen LogP contribution is -2.05. The van der Waals surface area contributed by atoms with Crippen LogP contribution in [-0.4, -0.2) is 11.5 Å². The topological polar surface area (TPSA) is 50.9 Å². The van der Waals surface area contributed by atoms with Crippen LogP contribution in [0.1, 0.15) is 16.3 Å². The molecular weight excluding hydrogens is 230 g/mol. The van der Waals surface area contributed by atoms with Crippen molar-refractivity contribution >= 4 is 22.7 Å². The summed E-state index contributed by atoms with van der Waals surface area (Å²) in [6.45, 7) is 4.96. The zero-order valence-electron chi connectivity index (χ0n) is 10.2. The lowest BCUT2D eigenvalue weighted by molar-refractivity contribution is 0.968. The van der Waals surface area contributed by atoms with Gasteiger partial charge in [-0.2, -0.15) is 0 Å². The molecule has 0 bridgehead atoms. The molecule has 1 heterocycles. The second-order valence-electron chi connectivity index (χ2n) is 4.17. The van der Waals surface area contributed by atoms with Gasteiger partial charge in [-0.05, 0) is 37.6 Å². The van der Waals surface area contributed by atoms with Gasteiger partial charge in [-0.15, -0.1) is 11.3 Å². The molecule has 17 heavy (non-hydrogen) atoms. The molecule has 2 aromatic rings. The fourth-order valence-corrected chi connectivity index (χ4v) is 2.42. The van der Waals surface area contributed by atoms with E-state index in [1.165, 1.54) is 5.56 Å². The zero-order valence-corrected chi connectivity index (χ0v) is 11.0. The van der Waals surface area contributed by atoms with E-state index in [2.05, 4.69) is 21.7 Å². The Morgan fingerprint density at radius 1 is 1.29 bits per heavy atom. The molecule has 1 aromatic heterocycles. The number of nitrogens with two attached hydrogens (primary N) is 1. The first-order valence-electron chi connectivity index (χ1n) is 5.65. The van der Waals surface area contributed by atoms with Crippen LogP contribution in [0.15, 0.2) is 23.6 Å². The molecule has 0 spiro atoms. The lowest BCUT2D eigenvalue weighted by atomic mass is 10.2. The molecule has 4 heteroatoms. The summed E-state index contributed by atoms with van der Waals surface area (Å²) in [7, 11) is 0. The molecule has 0 unspecified atom stereocenters. The van der Waals surface area contributed by atoms with Crippen LogP contribution in [0.25, 0.3) is 0 Å². The van der Waals surface area contributed by atoms with Crippen molar-refractivity contribution in [3.05, 3.63) is 39.8 Å². The van der Waals surface area contributed by atoms with Gasteiger partial charge in [-0.1, -0.05) is 0 Å². The second-order valence-corrected chi connectivity index (χ2v) is 5.23. The van der Waals surface area contributed by atoms with Gasteiger partial charge in [0, 0.05) is 29.7 Å². The van der Waals surface area contributed by atoms with Crippen LogP contribution < -0.4 is 11.1 Å². The normalized spacial score (nSPS) is 10.5. The number of aryl methyl sites for hydroxylation is 2. The van der Waals surface area contributed by atoms with E-state index in [9.17, 15) is 0 Å². The van der Waals surface area contributed by atoms with Crippen LogP contribution in [0, 0.1) is 13.8 Å². The largest absolute Gasteiger partial charge is 0.399 e. The van der Waals surface area contributed by atoms with E-state index in [0.717, 1.165) is 35.0 Å². The number of hydrogen-bond acceptors (Lipinski definition) is 4. The highest BCUT2D eigenvalue weighted by Gasteiger charge is 1.99. The van der Waals surface area contributed by atoms with E-state index in [1.807, 2.05) is 26.0 Å². The SMILES string of the molecule is Cc1cc(N)cc(NCCc2csc(C)n2)c1. The van der Waals surface area contributed by atoms with E-state index in [4.69, 9.17) is 5.73 Å². The van der Waals surface area contributed by atoms with E-state index >= 15 is 0 Å². The van der Waals surface area contributed by atoms with Gasteiger partial charge in [0.1, 0.15) is 0 Å². The second kappa shape index (κ2) is 5.19. The van der Waals surface area contributed by atoms with Crippen molar-refractivity contribution in [2.45, 2.75) is 20.3 Å². The van der Waals surface area contributed by atoms with Crippen LogP contribution in [0.2, 0.25) is 0 Å². The summed E-state index contributed by atoms with van der Waals surface area (Å²) in [5, 5.41) is 6.61. The first kappa shape index (κ1) is 11.9. The minimum Gasteiger partial charge on any atom is -0.399 e. The van der Waals surface area contributed by atoms with Gasteiger partial charge in [0.2, 0.25) is 0 Å². The summed E-state index contributed by atoms with van der Waals surface area (Å²) in [5.74, 6) is 0. The average molecular weight is 247 g/mol. The Balaban J connectivity index is 1.89. The number of nitrogens with one attached hydrogen (secondary N) is 1. The van der Waals surface area contributed by atoms with Crippen LogP contribution >= 0.6 is 11.3 Å². The Morgan fingerprint density at radius 3 is 2.76 bits per heavy atom. The predicted octanol–water partition coefficient (Wildman–Crippen LogP) is 3.00. The van der Waals surface area contributed by atoms with Gasteiger partial charge in [0.25, 0.3) is 0 Å². The third kappa shape index (κ3) is 3.46. The molecule has 0 atom stereocenters. The van der Waals surface area contributed by atoms with E-state index in [-0.39, 0.29) is 0 Å². The average Bonchev–Trinajstić information content (AvgIpc) is 2.63. The monoisotopic (exact) mass is 247 g/mol. The molecule has 0 aliphatic carbocycles. The highest BCUT2D eigenvalue weighted by Crippen LogP contribution is 2.16. The molecule has 2 rings (SSSR count). The van der Waals surface area contributed by atoms with Crippen molar-refractivity contribution in [3.8, 4) is 0 Å². The standard InChI is InChI=1S/C13H17N3S/c1-9-5-11(14)7-13(6-9)15-4-3-12-8-17-10(2)16-12/h5-8,15H,3-4,14H2,1-2H3. The third-order valence-corrected chi connectivity index (χ3v) is 3.30. The molecule has 0 saturated carbocycles. The van der Waals surface area contributed by atoms with Crippen molar-refractivity contribution in [1.82, 2.24) is 4.98 Å². The van der Waals surface area contributed by atoms with Crippen LogP contribution in [0.4, 0.5) is 11.4 Å². The first-order chi connectivity index (χ1) is 8.13. The van der Waals surface area contributed by atoms with Gasteiger partial charge in [0.05, 0.1) is 10.7 Å². The molecule has 0 amide bonds. The third-order valence-electron chi connectivity index (χ3n) is 2.48. The number of nitrogens with zero attached hydrogens (tertiary/aromatic N) is 1. The van der Waals surface area contributed by atoms with Gasteiger partial charge in [-0.25, -0.2) is 4.98 Å². The van der Waals surface area contributed by atoms with Crippen molar-refractivity contribution in [3.63, 3.8) is 0 Å². The summed E-state index contributed by atoms with van der Waals surface area (Å²) >= 11 is 1.70. The highest BCUT2D eigenvalue weighted by molar-refractivity contribution is 7.09. The summed E-state index contributed by atoms with van der Waals surface area (Å²) in [5.41, 5.74) is 10.0. The molecule has 3 nitrogen and oxygen atoms in total. The smallest absolute Gasteiger partial charge is 0.0897 e. The molecule has 0 aliphatic rings. The maximum atomic E-state index is 5.79. The molecule has 0 fully saturated rings. The highest BCUT2D eigenvalue weighted by atomic mass is 32.1. The minimum atomic E-state index is 0.803. The number of hydrogen-bond donors (Lipinski definition) is 2. The predicted molar refractivity (Wildman–Crippen MR) is 74.6 cm³/mol. The maximum Gasteiger partial charge on any atom is 0.0897 e.